The maximum absolute atomic E-state index is 9.53. The number of hydrogen-bond donors (Lipinski definition) is 0. The van der Waals surface area contributed by atoms with E-state index in [0.29, 0.717) is 0 Å². The SMILES string of the molecule is CC(C)[O-].CC(C)[O-].CC(C)[O-].CC(C)[O-].CCCC[O-].CCCC[O-].CCCC[O-].CCCC[O-].[Zr+4].[Zr+4]. The van der Waals surface area contributed by atoms with E-state index in [0.717, 1.165) is 51.4 Å². The summed E-state index contributed by atoms with van der Waals surface area (Å²) in [5, 5.41) is 76.2. The van der Waals surface area contributed by atoms with Gasteiger partial charge >= 0.3 is 52.4 Å². The van der Waals surface area contributed by atoms with Crippen LogP contribution in [0.1, 0.15) is 134 Å². The summed E-state index contributed by atoms with van der Waals surface area (Å²) >= 11 is 0. The van der Waals surface area contributed by atoms with Crippen molar-refractivity contribution in [1.29, 1.82) is 0 Å². The smallest absolute Gasteiger partial charge is 0.854 e. The van der Waals surface area contributed by atoms with Gasteiger partial charge in [-0.05, 0) is 0 Å². The molecule has 0 atom stereocenters. The Balaban J connectivity index is -0.0000000293. The molecule has 0 rings (SSSR count). The van der Waals surface area contributed by atoms with Crippen LogP contribution in [-0.2, 0) is 52.4 Å². The van der Waals surface area contributed by atoms with Crippen LogP contribution in [-0.4, -0.2) is 50.8 Å². The van der Waals surface area contributed by atoms with Crippen LogP contribution in [0.15, 0.2) is 0 Å². The molecule has 0 fully saturated rings. The zero-order valence-electron chi connectivity index (χ0n) is 27.1. The van der Waals surface area contributed by atoms with Gasteiger partial charge in [-0.2, -0.15) is 0 Å². The molecule has 0 bridgehead atoms. The van der Waals surface area contributed by atoms with Crippen molar-refractivity contribution in [1.82, 2.24) is 0 Å². The summed E-state index contributed by atoms with van der Waals surface area (Å²) < 4.78 is 0. The fourth-order valence-corrected chi connectivity index (χ4v) is 0.577. The molecule has 38 heavy (non-hydrogen) atoms. The normalized spacial score (nSPS) is 8.21. The first-order valence-corrected chi connectivity index (χ1v) is 13.5. The van der Waals surface area contributed by atoms with Crippen molar-refractivity contribution in [3.05, 3.63) is 0 Å². The van der Waals surface area contributed by atoms with Gasteiger partial charge < -0.3 is 40.9 Å². The molecule has 10 heteroatoms. The van der Waals surface area contributed by atoms with Crippen LogP contribution in [0.25, 0.3) is 0 Å². The van der Waals surface area contributed by atoms with Crippen molar-refractivity contribution in [3.8, 4) is 0 Å². The third kappa shape index (κ3) is 557. The van der Waals surface area contributed by atoms with Gasteiger partial charge in [-0.1, -0.05) is 134 Å². The topological polar surface area (TPSA) is 184 Å². The Morgan fingerprint density at radius 2 is 0.421 bits per heavy atom. The minimum Gasteiger partial charge on any atom is -0.854 e. The van der Waals surface area contributed by atoms with Crippen LogP contribution in [0.2, 0.25) is 0 Å². The third-order valence-electron chi connectivity index (χ3n) is 1.99. The molecule has 0 aliphatic rings. The molecule has 0 amide bonds. The molecule has 0 aromatic rings. The van der Waals surface area contributed by atoms with Crippen LogP contribution in [0.5, 0.6) is 0 Å². The first-order valence-electron chi connectivity index (χ1n) is 13.5. The molecule has 0 radical (unpaired) electrons. The van der Waals surface area contributed by atoms with Gasteiger partial charge in [0.2, 0.25) is 0 Å². The fraction of sp³-hybridized carbons (Fsp3) is 1.00. The molecule has 232 valence electrons. The van der Waals surface area contributed by atoms with Gasteiger partial charge in [0.15, 0.2) is 0 Å². The molecule has 8 nitrogen and oxygen atoms in total. The Hall–Kier alpha value is 1.45. The molecule has 0 aliphatic carbocycles. The molecule has 0 unspecified atom stereocenters. The average molecular weight is 711 g/mol. The fourth-order valence-electron chi connectivity index (χ4n) is 0.577. The zero-order valence-corrected chi connectivity index (χ0v) is 32.0. The van der Waals surface area contributed by atoms with E-state index in [9.17, 15) is 40.9 Å². The summed E-state index contributed by atoms with van der Waals surface area (Å²) in [7, 11) is 0. The third-order valence-corrected chi connectivity index (χ3v) is 1.99. The van der Waals surface area contributed by atoms with Gasteiger partial charge in [0, 0.05) is 0 Å². The Kier molecular flexibility index (Phi) is 147. The van der Waals surface area contributed by atoms with Crippen LogP contribution < -0.4 is 40.9 Å². The van der Waals surface area contributed by atoms with Crippen LogP contribution in [0.4, 0.5) is 0 Å². The van der Waals surface area contributed by atoms with E-state index in [4.69, 9.17) is 0 Å². The molecular formula is C28H64O8Zr2. The van der Waals surface area contributed by atoms with Gasteiger partial charge in [0.05, 0.1) is 0 Å². The van der Waals surface area contributed by atoms with E-state index in [1.165, 1.54) is 0 Å². The zero-order chi connectivity index (χ0) is 30.8. The maximum atomic E-state index is 9.53. The van der Waals surface area contributed by atoms with Gasteiger partial charge in [0.25, 0.3) is 0 Å². The summed E-state index contributed by atoms with van der Waals surface area (Å²) in [5.41, 5.74) is 0. The second-order valence-electron chi connectivity index (χ2n) is 8.43. The number of hydrogen-bond acceptors (Lipinski definition) is 8. The first kappa shape index (κ1) is 67.2. The average Bonchev–Trinajstić information content (AvgIpc) is 2.70. The second-order valence-corrected chi connectivity index (χ2v) is 8.43. The molecule has 0 spiro atoms. The molecule has 0 saturated heterocycles. The molecule has 0 saturated carbocycles. The number of rotatable bonds is 8. The Morgan fingerprint density at radius 1 is 0.342 bits per heavy atom. The van der Waals surface area contributed by atoms with Crippen molar-refractivity contribution in [2.24, 2.45) is 0 Å². The minimum atomic E-state index is -0.417. The van der Waals surface area contributed by atoms with Crippen LogP contribution >= 0.6 is 0 Å². The summed E-state index contributed by atoms with van der Waals surface area (Å²) in [6.45, 7) is 21.3. The van der Waals surface area contributed by atoms with Crippen molar-refractivity contribution in [2.75, 3.05) is 26.4 Å². The van der Waals surface area contributed by atoms with Crippen molar-refractivity contribution in [2.45, 2.75) is 159 Å². The molecular weight excluding hydrogens is 647 g/mol. The minimum absolute atomic E-state index is 0. The Bertz CT molecular complexity index is 184. The standard InChI is InChI=1S/4C4H9O.4C3H7O.2Zr/c4*1-2-3-4-5;4*1-3(2)4;;/h4*2-4H2,1H3;4*3H,1-2H3;;/q8*-1;2*+4. The van der Waals surface area contributed by atoms with E-state index in [1.807, 2.05) is 27.7 Å². The predicted octanol–water partition coefficient (Wildman–Crippen LogP) is -0.397. The van der Waals surface area contributed by atoms with E-state index < -0.39 is 24.4 Å². The quantitative estimate of drug-likeness (QED) is 0.326. The molecule has 0 aromatic heterocycles. The van der Waals surface area contributed by atoms with Gasteiger partial charge in [-0.25, -0.2) is 0 Å². The van der Waals surface area contributed by atoms with Crippen LogP contribution in [0, 0.1) is 0 Å². The van der Waals surface area contributed by atoms with Gasteiger partial charge in [-0.3, -0.25) is 0 Å². The van der Waals surface area contributed by atoms with E-state index >= 15 is 0 Å². The maximum Gasteiger partial charge on any atom is 4.00 e. The van der Waals surface area contributed by atoms with Crippen molar-refractivity contribution < 1.29 is 93.3 Å². The Morgan fingerprint density at radius 3 is 0.421 bits per heavy atom. The van der Waals surface area contributed by atoms with Crippen LogP contribution in [0.3, 0.4) is 0 Å². The van der Waals surface area contributed by atoms with Crippen molar-refractivity contribution in [3.63, 3.8) is 0 Å². The number of unbranched alkanes of at least 4 members (excludes halogenated alkanes) is 4. The summed E-state index contributed by atoms with van der Waals surface area (Å²) in [5.74, 6) is 0. The van der Waals surface area contributed by atoms with Gasteiger partial charge in [-0.15, -0.1) is 50.8 Å². The second kappa shape index (κ2) is 83.3. The molecule has 0 N–H and O–H groups in total. The molecule has 0 aliphatic heterocycles. The summed E-state index contributed by atoms with van der Waals surface area (Å²) in [6, 6.07) is 0. The molecule has 0 heterocycles. The van der Waals surface area contributed by atoms with E-state index in [1.54, 1.807) is 55.4 Å². The summed E-state index contributed by atoms with van der Waals surface area (Å²) in [4.78, 5) is 0. The van der Waals surface area contributed by atoms with Gasteiger partial charge in [0.1, 0.15) is 0 Å². The largest absolute Gasteiger partial charge is 4.00 e. The van der Waals surface area contributed by atoms with E-state index in [-0.39, 0.29) is 78.8 Å². The first-order chi connectivity index (χ1) is 16.6. The monoisotopic (exact) mass is 708 g/mol. The predicted molar refractivity (Wildman–Crippen MR) is 140 cm³/mol. The van der Waals surface area contributed by atoms with Crippen molar-refractivity contribution >= 4 is 0 Å². The summed E-state index contributed by atoms with van der Waals surface area (Å²) in [6.07, 6.45) is 5.79. The molecule has 0 aromatic carbocycles. The van der Waals surface area contributed by atoms with E-state index in [2.05, 4.69) is 0 Å². The Labute approximate surface area is 276 Å².